The van der Waals surface area contributed by atoms with Gasteiger partial charge in [-0.2, -0.15) is 0 Å². The van der Waals surface area contributed by atoms with Crippen molar-refractivity contribution in [3.05, 3.63) is 181 Å². The van der Waals surface area contributed by atoms with Crippen molar-refractivity contribution in [3.8, 4) is 34.1 Å². The molecule has 0 N–H and O–H groups in total. The zero-order chi connectivity index (χ0) is 40.8. The zero-order valence-corrected chi connectivity index (χ0v) is 34.1. The third-order valence-corrected chi connectivity index (χ3v) is 10.7. The predicted octanol–water partition coefficient (Wildman–Crippen LogP) is 13.1. The van der Waals surface area contributed by atoms with Gasteiger partial charge in [-0.15, -0.1) is 5.10 Å². The Bertz CT molecular complexity index is 2910. The number of fused-ring (bicyclic) bond motifs is 3. The van der Waals surface area contributed by atoms with Gasteiger partial charge in [0.1, 0.15) is 23.1 Å². The molecular weight excluding hydrogens is 732 g/mol. The Morgan fingerprint density at radius 2 is 1.31 bits per heavy atom. The number of ether oxygens (including phenoxy) is 1. The minimum Gasteiger partial charge on any atom is -0.457 e. The van der Waals surface area contributed by atoms with Gasteiger partial charge in [-0.3, -0.25) is 9.47 Å². The molecule has 0 saturated carbocycles. The molecule has 9 rings (SSSR count). The summed E-state index contributed by atoms with van der Waals surface area (Å²) >= 11 is 0. The van der Waals surface area contributed by atoms with Crippen LogP contribution in [-0.4, -0.2) is 33.4 Å². The van der Waals surface area contributed by atoms with E-state index in [0.29, 0.717) is 17.2 Å². The molecule has 0 aliphatic rings. The lowest BCUT2D eigenvalue weighted by molar-refractivity contribution is 0.476. The highest BCUT2D eigenvalue weighted by Crippen LogP contribution is 2.47. The van der Waals surface area contributed by atoms with E-state index in [0.717, 1.165) is 67.3 Å². The molecule has 0 aliphatic carbocycles. The standard InChI is InChI=1S/C51H45FN6O/c1-34-27-28-53-47(29-34)57-45-20-14-13-19-43(45)44-26-25-41(33-46(44)57)59-42-31-37(52)30-40(32-42)58-50(56(38-15-9-7-10-16-38)39-17-11-8-12-18-39)48(49(54-58)55(5)6)35-21-23-36(24-22-35)51(2,3)4/h7-33H,1-6H3. The van der Waals surface area contributed by atoms with Crippen LogP contribution in [0.3, 0.4) is 0 Å². The summed E-state index contributed by atoms with van der Waals surface area (Å²) in [5.41, 5.74) is 8.54. The molecule has 3 heterocycles. The number of aromatic nitrogens is 4. The van der Waals surface area contributed by atoms with E-state index in [4.69, 9.17) is 14.8 Å². The predicted molar refractivity (Wildman–Crippen MR) is 240 cm³/mol. The average molecular weight is 777 g/mol. The maximum absolute atomic E-state index is 16.1. The van der Waals surface area contributed by atoms with Gasteiger partial charge >= 0.3 is 0 Å². The van der Waals surface area contributed by atoms with E-state index < -0.39 is 5.82 Å². The molecule has 292 valence electrons. The molecule has 0 bridgehead atoms. The van der Waals surface area contributed by atoms with E-state index in [1.165, 1.54) is 17.7 Å². The van der Waals surface area contributed by atoms with Crippen LogP contribution in [0.4, 0.5) is 27.4 Å². The third-order valence-electron chi connectivity index (χ3n) is 10.7. The summed E-state index contributed by atoms with van der Waals surface area (Å²) in [4.78, 5) is 8.93. The molecular formula is C51H45FN6O. The van der Waals surface area contributed by atoms with Gasteiger partial charge in [-0.25, -0.2) is 14.1 Å². The molecule has 7 nitrogen and oxygen atoms in total. The molecule has 8 heteroatoms. The molecule has 0 atom stereocenters. The smallest absolute Gasteiger partial charge is 0.160 e. The van der Waals surface area contributed by atoms with Gasteiger partial charge in [-0.1, -0.05) is 99.6 Å². The van der Waals surface area contributed by atoms with Gasteiger partial charge < -0.3 is 9.64 Å². The number of hydrogen-bond acceptors (Lipinski definition) is 5. The lowest BCUT2D eigenvalue weighted by Crippen LogP contribution is -2.16. The maximum Gasteiger partial charge on any atom is 0.160 e. The molecule has 6 aromatic carbocycles. The molecule has 0 radical (unpaired) electrons. The van der Waals surface area contributed by atoms with Crippen molar-refractivity contribution in [1.29, 1.82) is 0 Å². The molecule has 9 aromatic rings. The first-order valence-electron chi connectivity index (χ1n) is 19.8. The van der Waals surface area contributed by atoms with E-state index in [1.54, 1.807) is 0 Å². The number of benzene rings is 6. The number of pyridine rings is 1. The second kappa shape index (κ2) is 15.0. The van der Waals surface area contributed by atoms with Crippen molar-refractivity contribution < 1.29 is 9.13 Å². The van der Waals surface area contributed by atoms with Crippen LogP contribution in [0.25, 0.3) is 44.4 Å². The molecule has 0 saturated heterocycles. The summed E-state index contributed by atoms with van der Waals surface area (Å²) < 4.78 is 26.7. The average Bonchev–Trinajstić information content (AvgIpc) is 3.78. The van der Waals surface area contributed by atoms with E-state index in [9.17, 15) is 0 Å². The van der Waals surface area contributed by atoms with Gasteiger partial charge in [0.05, 0.1) is 22.3 Å². The van der Waals surface area contributed by atoms with E-state index in [1.807, 2.05) is 103 Å². The molecule has 0 unspecified atom stereocenters. The van der Waals surface area contributed by atoms with E-state index in [2.05, 4.69) is 110 Å². The Labute approximate surface area is 344 Å². The van der Waals surface area contributed by atoms with Crippen molar-refractivity contribution in [3.63, 3.8) is 0 Å². The number of hydrogen-bond donors (Lipinski definition) is 0. The maximum atomic E-state index is 16.1. The SMILES string of the molecule is Cc1ccnc(-n2c3ccccc3c3ccc(Oc4cc(F)cc(-n5nc(N(C)C)c(-c6ccc(C(C)(C)C)cc6)c5N(c5ccccc5)c5ccccc5)c4)cc32)c1. The zero-order valence-electron chi connectivity index (χ0n) is 34.1. The van der Waals surface area contributed by atoms with Crippen molar-refractivity contribution in [2.75, 3.05) is 23.9 Å². The van der Waals surface area contributed by atoms with Crippen LogP contribution in [0.2, 0.25) is 0 Å². The van der Waals surface area contributed by atoms with Gasteiger partial charge in [0.25, 0.3) is 0 Å². The molecule has 3 aromatic heterocycles. The highest BCUT2D eigenvalue weighted by molar-refractivity contribution is 6.09. The number of aryl methyl sites for hydroxylation is 1. The summed E-state index contributed by atoms with van der Waals surface area (Å²) in [6, 6.07) is 52.2. The normalized spacial score (nSPS) is 11.6. The summed E-state index contributed by atoms with van der Waals surface area (Å²) in [5.74, 6) is 2.75. The number of anilines is 4. The molecule has 0 spiro atoms. The Balaban J connectivity index is 1.23. The first-order chi connectivity index (χ1) is 28.5. The van der Waals surface area contributed by atoms with Crippen LogP contribution < -0.4 is 14.5 Å². The minimum atomic E-state index is -0.452. The number of rotatable bonds is 9. The molecule has 0 amide bonds. The second-order valence-corrected chi connectivity index (χ2v) is 16.1. The second-order valence-electron chi connectivity index (χ2n) is 16.1. The number of para-hydroxylation sites is 3. The summed E-state index contributed by atoms with van der Waals surface area (Å²) in [6.07, 6.45) is 1.83. The largest absolute Gasteiger partial charge is 0.457 e. The van der Waals surface area contributed by atoms with Crippen molar-refractivity contribution in [2.45, 2.75) is 33.1 Å². The van der Waals surface area contributed by atoms with Crippen LogP contribution in [-0.2, 0) is 5.41 Å². The van der Waals surface area contributed by atoms with Crippen LogP contribution in [0, 0.1) is 12.7 Å². The molecule has 0 aliphatic heterocycles. The summed E-state index contributed by atoms with van der Waals surface area (Å²) in [6.45, 7) is 8.70. The molecule has 0 fully saturated rings. The van der Waals surface area contributed by atoms with Crippen LogP contribution in [0.5, 0.6) is 11.5 Å². The number of nitrogens with zero attached hydrogens (tertiary/aromatic N) is 6. The first-order valence-corrected chi connectivity index (χ1v) is 19.8. The van der Waals surface area contributed by atoms with E-state index in [-0.39, 0.29) is 5.41 Å². The quantitative estimate of drug-likeness (QED) is 0.146. The Hall–Kier alpha value is -7.19. The molecule has 59 heavy (non-hydrogen) atoms. The Morgan fingerprint density at radius 3 is 1.97 bits per heavy atom. The van der Waals surface area contributed by atoms with Crippen LogP contribution >= 0.6 is 0 Å². The highest BCUT2D eigenvalue weighted by Gasteiger charge is 2.29. The van der Waals surface area contributed by atoms with Gasteiger partial charge in [0, 0.05) is 60.6 Å². The van der Waals surface area contributed by atoms with Gasteiger partial charge in [-0.05, 0) is 89.7 Å². The third kappa shape index (κ3) is 7.07. The minimum absolute atomic E-state index is 0.0213. The highest BCUT2D eigenvalue weighted by atomic mass is 19.1. The monoisotopic (exact) mass is 776 g/mol. The van der Waals surface area contributed by atoms with Crippen molar-refractivity contribution in [1.82, 2.24) is 19.3 Å². The van der Waals surface area contributed by atoms with Gasteiger partial charge in [0.15, 0.2) is 11.6 Å². The Kier molecular flexibility index (Phi) is 9.48. The van der Waals surface area contributed by atoms with E-state index >= 15 is 4.39 Å². The fourth-order valence-electron chi connectivity index (χ4n) is 7.81. The topological polar surface area (TPSA) is 51.4 Å². The lowest BCUT2D eigenvalue weighted by Gasteiger charge is -2.27. The number of halogens is 1. The van der Waals surface area contributed by atoms with Crippen molar-refractivity contribution >= 4 is 44.8 Å². The van der Waals surface area contributed by atoms with Crippen LogP contribution in [0.15, 0.2) is 164 Å². The Morgan fingerprint density at radius 1 is 0.644 bits per heavy atom. The summed E-state index contributed by atoms with van der Waals surface area (Å²) in [5, 5.41) is 7.45. The lowest BCUT2D eigenvalue weighted by atomic mass is 9.86. The van der Waals surface area contributed by atoms with Crippen molar-refractivity contribution in [2.24, 2.45) is 0 Å². The fraction of sp³-hybridized carbons (Fsp3) is 0.137. The first kappa shape index (κ1) is 37.4. The van der Waals surface area contributed by atoms with Crippen LogP contribution in [0.1, 0.15) is 31.9 Å². The fourth-order valence-corrected chi connectivity index (χ4v) is 7.81. The van der Waals surface area contributed by atoms with Gasteiger partial charge in [0.2, 0.25) is 0 Å². The summed E-state index contributed by atoms with van der Waals surface area (Å²) in [7, 11) is 3.97.